The van der Waals surface area contributed by atoms with E-state index in [1.54, 1.807) is 17.8 Å². The summed E-state index contributed by atoms with van der Waals surface area (Å²) in [5.74, 6) is 3.45. The molecule has 124 valence electrons. The van der Waals surface area contributed by atoms with E-state index < -0.39 is 5.97 Å². The highest BCUT2D eigenvalue weighted by molar-refractivity contribution is 9.10. The van der Waals surface area contributed by atoms with E-state index in [0.717, 1.165) is 46.3 Å². The van der Waals surface area contributed by atoms with Gasteiger partial charge in [-0.05, 0) is 46.7 Å². The Morgan fingerprint density at radius 3 is 2.92 bits per heavy atom. The average molecular weight is 390 g/mol. The first kappa shape index (κ1) is 14.4. The fourth-order valence-electron chi connectivity index (χ4n) is 3.97. The monoisotopic (exact) mass is 389 g/mol. The van der Waals surface area contributed by atoms with Crippen molar-refractivity contribution < 1.29 is 9.53 Å². The second kappa shape index (κ2) is 5.02. The van der Waals surface area contributed by atoms with Gasteiger partial charge in [-0.25, -0.2) is 14.5 Å². The number of aromatic nitrogens is 4. The van der Waals surface area contributed by atoms with Crippen molar-refractivity contribution in [1.29, 1.82) is 0 Å². The van der Waals surface area contributed by atoms with E-state index >= 15 is 0 Å². The maximum Gasteiger partial charge on any atom is 0.360 e. The minimum absolute atomic E-state index is 0.220. The molecule has 0 spiro atoms. The van der Waals surface area contributed by atoms with Crippen molar-refractivity contribution in [3.05, 3.63) is 34.2 Å². The van der Waals surface area contributed by atoms with Gasteiger partial charge in [-0.3, -0.25) is 0 Å². The number of pyridine rings is 1. The number of hydrogen-bond acceptors (Lipinski definition) is 6. The van der Waals surface area contributed by atoms with E-state index in [-0.39, 0.29) is 5.69 Å². The molecular formula is C16H16BrN5O2. The van der Waals surface area contributed by atoms with Crippen molar-refractivity contribution in [1.82, 2.24) is 20.0 Å². The number of rotatable bonds is 5. The minimum Gasteiger partial charge on any atom is -0.461 e. The molecule has 0 radical (unpaired) electrons. The van der Waals surface area contributed by atoms with Gasteiger partial charge in [-0.15, -0.1) is 5.10 Å². The highest BCUT2D eigenvalue weighted by Crippen LogP contribution is 2.75. The van der Waals surface area contributed by atoms with E-state index in [2.05, 4.69) is 43.3 Å². The molecule has 2 unspecified atom stereocenters. The number of piperidine rings is 1. The summed E-state index contributed by atoms with van der Waals surface area (Å²) in [5.41, 5.74) is 1.22. The van der Waals surface area contributed by atoms with E-state index in [0.29, 0.717) is 13.2 Å². The van der Waals surface area contributed by atoms with Gasteiger partial charge in [0.05, 0.1) is 19.3 Å². The molecule has 2 aliphatic carbocycles. The van der Waals surface area contributed by atoms with Crippen LogP contribution in [0, 0.1) is 17.8 Å². The summed E-state index contributed by atoms with van der Waals surface area (Å²) in [6.45, 7) is 3.74. The van der Waals surface area contributed by atoms with E-state index in [1.165, 1.54) is 0 Å². The van der Waals surface area contributed by atoms with Crippen LogP contribution in [-0.2, 0) is 11.3 Å². The van der Waals surface area contributed by atoms with Crippen LogP contribution in [0.15, 0.2) is 22.9 Å². The van der Waals surface area contributed by atoms with Crippen LogP contribution in [0.5, 0.6) is 0 Å². The Morgan fingerprint density at radius 2 is 2.25 bits per heavy atom. The molecule has 7 nitrogen and oxygen atoms in total. The summed E-state index contributed by atoms with van der Waals surface area (Å²) in [5, 5.41) is 7.84. The number of carbonyl (C=O) groups is 1. The Balaban J connectivity index is 1.31. The molecule has 2 atom stereocenters. The first-order valence-corrected chi connectivity index (χ1v) is 8.96. The Hall–Kier alpha value is -1.96. The summed E-state index contributed by atoms with van der Waals surface area (Å²) in [6, 6.07) is 4.88. The number of esters is 1. The molecule has 0 aromatic carbocycles. The number of halogens is 1. The van der Waals surface area contributed by atoms with Gasteiger partial charge in [-0.2, -0.15) is 0 Å². The van der Waals surface area contributed by atoms with Crippen molar-refractivity contribution in [3.63, 3.8) is 0 Å². The molecule has 24 heavy (non-hydrogen) atoms. The minimum atomic E-state index is -0.452. The highest BCUT2D eigenvalue weighted by atomic mass is 79.9. The van der Waals surface area contributed by atoms with E-state index in [9.17, 15) is 4.79 Å². The van der Waals surface area contributed by atoms with Crippen molar-refractivity contribution in [2.24, 2.45) is 17.8 Å². The van der Waals surface area contributed by atoms with Crippen LogP contribution in [0.3, 0.4) is 0 Å². The number of ether oxygens (including phenoxy) is 1. The fourth-order valence-corrected chi connectivity index (χ4v) is 4.40. The smallest absolute Gasteiger partial charge is 0.360 e. The molecule has 2 aromatic rings. The Labute approximate surface area is 147 Å². The fraction of sp³-hybridized carbons (Fsp3) is 0.500. The first-order chi connectivity index (χ1) is 11.7. The maximum atomic E-state index is 11.6. The predicted octanol–water partition coefficient (Wildman–Crippen LogP) is 1.73. The lowest BCUT2D eigenvalue weighted by molar-refractivity contribution is 0.0519. The third-order valence-electron chi connectivity index (χ3n) is 5.27. The summed E-state index contributed by atoms with van der Waals surface area (Å²) in [6.07, 6.45) is 1.59. The molecule has 4 heterocycles. The molecule has 6 rings (SSSR count). The average Bonchev–Trinajstić information content (AvgIpc) is 3.23. The molecule has 2 aliphatic heterocycles. The lowest BCUT2D eigenvalue weighted by Crippen LogP contribution is -2.21. The number of anilines is 1. The van der Waals surface area contributed by atoms with E-state index in [4.69, 9.17) is 9.72 Å². The zero-order valence-electron chi connectivity index (χ0n) is 13.1. The Kier molecular flexibility index (Phi) is 3.01. The molecule has 4 fully saturated rings. The topological polar surface area (TPSA) is 73.1 Å². The van der Waals surface area contributed by atoms with Crippen molar-refractivity contribution in [2.75, 3.05) is 18.1 Å². The molecule has 8 heteroatoms. The van der Waals surface area contributed by atoms with Gasteiger partial charge >= 0.3 is 5.97 Å². The number of carbonyl (C=O) groups excluding carboxylic acids is 1. The van der Waals surface area contributed by atoms with Crippen LogP contribution in [0.25, 0.3) is 0 Å². The lowest BCUT2D eigenvalue weighted by atomic mass is 10.2. The second-order valence-electron chi connectivity index (χ2n) is 6.60. The molecule has 2 saturated carbocycles. The van der Waals surface area contributed by atoms with Gasteiger partial charge in [0, 0.05) is 18.2 Å². The summed E-state index contributed by atoms with van der Waals surface area (Å²) in [4.78, 5) is 18.8. The van der Waals surface area contributed by atoms with Crippen LogP contribution in [0.1, 0.15) is 23.0 Å². The molecule has 0 N–H and O–H groups in total. The number of nitrogens with zero attached hydrogens (tertiary/aromatic N) is 5. The van der Waals surface area contributed by atoms with Crippen molar-refractivity contribution in [2.45, 2.75) is 19.5 Å². The number of hydrogen-bond donors (Lipinski definition) is 0. The van der Waals surface area contributed by atoms with Gasteiger partial charge in [0.25, 0.3) is 0 Å². The van der Waals surface area contributed by atoms with Crippen molar-refractivity contribution in [3.8, 4) is 0 Å². The first-order valence-electron chi connectivity index (χ1n) is 8.16. The van der Waals surface area contributed by atoms with Crippen molar-refractivity contribution >= 4 is 27.7 Å². The third-order valence-corrected chi connectivity index (χ3v) is 5.96. The summed E-state index contributed by atoms with van der Waals surface area (Å²) < 4.78 is 7.35. The largest absolute Gasteiger partial charge is 0.461 e. The standard InChI is InChI=1S/C16H16BrN5O2/c1-2-24-16(23)10-7-21(20-19-10)5-8-3-4-11(18-15(8)17)22-6-9-12-13(9)14(12)22/h3-4,7,9,12-14H,2,5-6H2,1H3. The van der Waals surface area contributed by atoms with Crippen LogP contribution in [0.4, 0.5) is 5.82 Å². The zero-order chi connectivity index (χ0) is 16.4. The van der Waals surface area contributed by atoms with Gasteiger partial charge in [0.1, 0.15) is 10.4 Å². The molecule has 2 aromatic heterocycles. The molecular weight excluding hydrogens is 374 g/mol. The van der Waals surface area contributed by atoms with Gasteiger partial charge in [0.2, 0.25) is 0 Å². The van der Waals surface area contributed by atoms with Gasteiger partial charge in [0.15, 0.2) is 5.69 Å². The molecule has 2 saturated heterocycles. The van der Waals surface area contributed by atoms with Crippen LogP contribution < -0.4 is 4.90 Å². The normalized spacial score (nSPS) is 28.7. The third kappa shape index (κ3) is 2.08. The summed E-state index contributed by atoms with van der Waals surface area (Å²) >= 11 is 3.56. The summed E-state index contributed by atoms with van der Waals surface area (Å²) in [7, 11) is 0. The lowest BCUT2D eigenvalue weighted by Gasteiger charge is -2.17. The second-order valence-corrected chi connectivity index (χ2v) is 7.35. The molecule has 0 amide bonds. The van der Waals surface area contributed by atoms with Crippen LogP contribution in [0.2, 0.25) is 0 Å². The molecule has 2 bridgehead atoms. The Bertz CT molecular complexity index is 821. The molecule has 4 aliphatic rings. The van der Waals surface area contributed by atoms with Gasteiger partial charge in [-0.1, -0.05) is 11.3 Å². The van der Waals surface area contributed by atoms with Crippen LogP contribution in [-0.4, -0.2) is 45.1 Å². The zero-order valence-corrected chi connectivity index (χ0v) is 14.7. The maximum absolute atomic E-state index is 11.6. The Morgan fingerprint density at radius 1 is 1.42 bits per heavy atom. The van der Waals surface area contributed by atoms with Gasteiger partial charge < -0.3 is 9.64 Å². The highest BCUT2D eigenvalue weighted by Gasteiger charge is 2.80. The van der Waals surface area contributed by atoms with E-state index in [1.807, 2.05) is 0 Å². The number of fused-ring (bicyclic) bond motifs is 1. The quantitative estimate of drug-likeness (QED) is 0.572. The van der Waals surface area contributed by atoms with Crippen LogP contribution >= 0.6 is 15.9 Å². The predicted molar refractivity (Wildman–Crippen MR) is 88.6 cm³/mol. The SMILES string of the molecule is CCOC(=O)c1cn(Cc2ccc(N3CC4C5C4C53)nc2Br)nn1.